The van der Waals surface area contributed by atoms with Crippen LogP contribution >= 0.6 is 15.9 Å². The number of halogens is 1. The van der Waals surface area contributed by atoms with Gasteiger partial charge in [-0.1, -0.05) is 22.0 Å². The van der Waals surface area contributed by atoms with Gasteiger partial charge in [-0.3, -0.25) is 0 Å². The number of hydrogen-bond donors (Lipinski definition) is 0. The number of hydrogen-bond acceptors (Lipinski definition) is 1. The maximum Gasteiger partial charge on any atom is 0.110 e. The van der Waals surface area contributed by atoms with Crippen LogP contribution in [0, 0.1) is 6.92 Å². The summed E-state index contributed by atoms with van der Waals surface area (Å²) < 4.78 is 6.73. The van der Waals surface area contributed by atoms with Gasteiger partial charge in [-0.05, 0) is 29.7 Å². The second-order valence-corrected chi connectivity index (χ2v) is 4.47. The standard InChI is InChI=1S/C10H9BrO/c1-5-2-7-6(8(11)3-5)4-9-10(7)12-9/h2-3,9-10H,4H2,1H3/t9-,10+/m1/s1. The average molecular weight is 225 g/mol. The summed E-state index contributed by atoms with van der Waals surface area (Å²) >= 11 is 3.59. The third-order valence-corrected chi connectivity index (χ3v) is 3.38. The Kier molecular flexibility index (Phi) is 1.25. The molecule has 1 aliphatic carbocycles. The lowest BCUT2D eigenvalue weighted by Gasteiger charge is -2.06. The fourth-order valence-corrected chi connectivity index (χ4v) is 2.79. The molecular formula is C10H9BrO. The molecular weight excluding hydrogens is 216 g/mol. The van der Waals surface area contributed by atoms with Crippen LogP contribution in [0.1, 0.15) is 22.8 Å². The predicted molar refractivity (Wildman–Crippen MR) is 50.2 cm³/mol. The van der Waals surface area contributed by atoms with E-state index in [1.807, 2.05) is 0 Å². The Bertz CT molecular complexity index is 359. The van der Waals surface area contributed by atoms with Gasteiger partial charge in [0, 0.05) is 10.9 Å². The van der Waals surface area contributed by atoms with Crippen LogP contribution in [0.2, 0.25) is 0 Å². The molecule has 3 rings (SSSR count). The van der Waals surface area contributed by atoms with Crippen LogP contribution < -0.4 is 0 Å². The molecule has 0 radical (unpaired) electrons. The Morgan fingerprint density at radius 1 is 1.50 bits per heavy atom. The van der Waals surface area contributed by atoms with Crippen LogP contribution in [0.25, 0.3) is 0 Å². The van der Waals surface area contributed by atoms with E-state index in [1.54, 1.807) is 0 Å². The van der Waals surface area contributed by atoms with Crippen LogP contribution in [0.15, 0.2) is 16.6 Å². The van der Waals surface area contributed by atoms with Gasteiger partial charge in [-0.15, -0.1) is 0 Å². The number of ether oxygens (including phenoxy) is 1. The average Bonchev–Trinajstić information content (AvgIpc) is 2.68. The second kappa shape index (κ2) is 2.12. The van der Waals surface area contributed by atoms with Crippen molar-refractivity contribution in [1.29, 1.82) is 0 Å². The highest BCUT2D eigenvalue weighted by atomic mass is 79.9. The minimum atomic E-state index is 0.427. The van der Waals surface area contributed by atoms with Gasteiger partial charge in [-0.25, -0.2) is 0 Å². The predicted octanol–water partition coefficient (Wildman–Crippen LogP) is 2.75. The molecule has 2 atom stereocenters. The molecule has 0 amide bonds. The lowest BCUT2D eigenvalue weighted by atomic mass is 10.1. The zero-order valence-electron chi connectivity index (χ0n) is 6.80. The van der Waals surface area contributed by atoms with Gasteiger partial charge in [0.05, 0.1) is 6.10 Å². The van der Waals surface area contributed by atoms with Crippen molar-refractivity contribution >= 4 is 15.9 Å². The molecule has 62 valence electrons. The van der Waals surface area contributed by atoms with Crippen molar-refractivity contribution in [2.45, 2.75) is 25.6 Å². The van der Waals surface area contributed by atoms with Gasteiger partial charge in [-0.2, -0.15) is 0 Å². The number of benzene rings is 1. The number of epoxide rings is 1. The topological polar surface area (TPSA) is 12.5 Å². The van der Waals surface area contributed by atoms with Gasteiger partial charge < -0.3 is 4.74 Å². The van der Waals surface area contributed by atoms with Crippen LogP contribution in [0.4, 0.5) is 0 Å². The minimum absolute atomic E-state index is 0.427. The molecule has 0 bridgehead atoms. The second-order valence-electron chi connectivity index (χ2n) is 3.61. The van der Waals surface area contributed by atoms with E-state index in [9.17, 15) is 0 Å². The van der Waals surface area contributed by atoms with Gasteiger partial charge in [0.15, 0.2) is 0 Å². The van der Waals surface area contributed by atoms with Crippen molar-refractivity contribution in [2.24, 2.45) is 0 Å². The summed E-state index contributed by atoms with van der Waals surface area (Å²) in [5.74, 6) is 0. The molecule has 0 aromatic heterocycles. The maximum atomic E-state index is 5.47. The van der Waals surface area contributed by atoms with Crippen LogP contribution in [-0.4, -0.2) is 6.10 Å². The highest BCUT2D eigenvalue weighted by molar-refractivity contribution is 9.10. The normalized spacial score (nSPS) is 29.8. The third-order valence-electron chi connectivity index (χ3n) is 2.67. The summed E-state index contributed by atoms with van der Waals surface area (Å²) in [6.45, 7) is 2.13. The SMILES string of the molecule is Cc1cc(Br)c2c(c1)[C@@H]1O[C@@H]1C2. The first kappa shape index (κ1) is 7.10. The van der Waals surface area contributed by atoms with Gasteiger partial charge >= 0.3 is 0 Å². The van der Waals surface area contributed by atoms with E-state index in [0.717, 1.165) is 6.42 Å². The highest BCUT2D eigenvalue weighted by Gasteiger charge is 2.47. The van der Waals surface area contributed by atoms with Crippen molar-refractivity contribution in [3.8, 4) is 0 Å². The summed E-state index contributed by atoms with van der Waals surface area (Å²) in [5.41, 5.74) is 4.19. The fraction of sp³-hybridized carbons (Fsp3) is 0.400. The largest absolute Gasteiger partial charge is 0.364 e. The first-order valence-corrected chi connectivity index (χ1v) is 4.99. The smallest absolute Gasteiger partial charge is 0.110 e. The minimum Gasteiger partial charge on any atom is -0.364 e. The van der Waals surface area contributed by atoms with E-state index in [4.69, 9.17) is 4.74 Å². The molecule has 1 aromatic carbocycles. The van der Waals surface area contributed by atoms with E-state index >= 15 is 0 Å². The quantitative estimate of drug-likeness (QED) is 0.618. The van der Waals surface area contributed by atoms with E-state index in [-0.39, 0.29) is 0 Å². The summed E-state index contributed by atoms with van der Waals surface area (Å²) in [6, 6.07) is 4.43. The number of fused-ring (bicyclic) bond motifs is 3. The molecule has 2 heteroatoms. The first-order valence-electron chi connectivity index (χ1n) is 4.20. The molecule has 1 aliphatic heterocycles. The summed E-state index contributed by atoms with van der Waals surface area (Å²) in [6.07, 6.45) is 2.02. The Morgan fingerprint density at radius 3 is 3.17 bits per heavy atom. The van der Waals surface area contributed by atoms with Crippen molar-refractivity contribution in [2.75, 3.05) is 0 Å². The molecule has 12 heavy (non-hydrogen) atoms. The molecule has 0 saturated carbocycles. The van der Waals surface area contributed by atoms with Crippen LogP contribution in [0.3, 0.4) is 0 Å². The van der Waals surface area contributed by atoms with Gasteiger partial charge in [0.25, 0.3) is 0 Å². The van der Waals surface area contributed by atoms with Gasteiger partial charge in [0.1, 0.15) is 6.10 Å². The van der Waals surface area contributed by atoms with Crippen molar-refractivity contribution in [3.63, 3.8) is 0 Å². The summed E-state index contributed by atoms with van der Waals surface area (Å²) in [5, 5.41) is 0. The summed E-state index contributed by atoms with van der Waals surface area (Å²) in [4.78, 5) is 0. The monoisotopic (exact) mass is 224 g/mol. The number of rotatable bonds is 0. The van der Waals surface area contributed by atoms with E-state index in [2.05, 4.69) is 35.0 Å². The third kappa shape index (κ3) is 0.824. The van der Waals surface area contributed by atoms with Crippen LogP contribution in [-0.2, 0) is 11.2 Å². The Labute approximate surface area is 79.9 Å². The fourth-order valence-electron chi connectivity index (χ4n) is 2.04. The zero-order valence-corrected chi connectivity index (χ0v) is 8.39. The van der Waals surface area contributed by atoms with E-state index in [0.29, 0.717) is 12.2 Å². The Morgan fingerprint density at radius 2 is 2.33 bits per heavy atom. The lowest BCUT2D eigenvalue weighted by molar-refractivity contribution is 0.360. The molecule has 2 aliphatic rings. The molecule has 1 nitrogen and oxygen atoms in total. The molecule has 0 N–H and O–H groups in total. The Hall–Kier alpha value is -0.340. The van der Waals surface area contributed by atoms with Crippen molar-refractivity contribution < 1.29 is 4.74 Å². The molecule has 0 unspecified atom stereocenters. The Balaban J connectivity index is 2.24. The molecule has 1 saturated heterocycles. The van der Waals surface area contributed by atoms with E-state index in [1.165, 1.54) is 21.2 Å². The molecule has 0 spiro atoms. The summed E-state index contributed by atoms with van der Waals surface area (Å²) in [7, 11) is 0. The lowest BCUT2D eigenvalue weighted by Crippen LogP contribution is -1.91. The highest BCUT2D eigenvalue weighted by Crippen LogP contribution is 2.50. The molecule has 1 aromatic rings. The number of aryl methyl sites for hydroxylation is 1. The van der Waals surface area contributed by atoms with Crippen LogP contribution in [0.5, 0.6) is 0 Å². The van der Waals surface area contributed by atoms with E-state index < -0.39 is 0 Å². The molecule has 1 fully saturated rings. The van der Waals surface area contributed by atoms with Crippen molar-refractivity contribution in [3.05, 3.63) is 33.3 Å². The maximum absolute atomic E-state index is 5.47. The van der Waals surface area contributed by atoms with Crippen molar-refractivity contribution in [1.82, 2.24) is 0 Å². The zero-order chi connectivity index (χ0) is 8.29. The first-order chi connectivity index (χ1) is 5.75. The molecule has 1 heterocycles. The van der Waals surface area contributed by atoms with Gasteiger partial charge in [0.2, 0.25) is 0 Å².